The summed E-state index contributed by atoms with van der Waals surface area (Å²) in [6, 6.07) is 0. The highest BCUT2D eigenvalue weighted by atomic mass is 35.5. The van der Waals surface area contributed by atoms with Crippen molar-refractivity contribution in [3.63, 3.8) is 0 Å². The van der Waals surface area contributed by atoms with Gasteiger partial charge in [-0.1, -0.05) is 25.7 Å². The van der Waals surface area contributed by atoms with Crippen LogP contribution in [-0.4, -0.2) is 18.1 Å². The fourth-order valence-electron chi connectivity index (χ4n) is 3.14. The molecule has 2 aliphatic rings. The summed E-state index contributed by atoms with van der Waals surface area (Å²) in [4.78, 5) is 0. The Morgan fingerprint density at radius 2 is 1.88 bits per heavy atom. The molecular weight excluding hydrogens is 220 g/mol. The van der Waals surface area contributed by atoms with Crippen molar-refractivity contribution in [3.05, 3.63) is 0 Å². The molecule has 16 heavy (non-hydrogen) atoms. The summed E-state index contributed by atoms with van der Waals surface area (Å²) in [5, 5.41) is 0.451. The number of hydrogen-bond donors (Lipinski definition) is 0. The average molecular weight is 245 g/mol. The second-order valence-corrected chi connectivity index (χ2v) is 6.04. The van der Waals surface area contributed by atoms with E-state index in [1.54, 1.807) is 0 Å². The van der Waals surface area contributed by atoms with E-state index in [0.29, 0.717) is 11.5 Å². The van der Waals surface area contributed by atoms with Gasteiger partial charge in [-0.25, -0.2) is 0 Å². The van der Waals surface area contributed by atoms with Crippen molar-refractivity contribution < 1.29 is 4.74 Å². The number of ether oxygens (including phenoxy) is 1. The quantitative estimate of drug-likeness (QED) is 0.493. The standard InChI is InChI=1S/C14H25ClO/c15-14(12-6-1-2-7-12)10-4-3-8-13-9-5-11-16-13/h12-14H,1-11H2. The van der Waals surface area contributed by atoms with Crippen LogP contribution in [0.15, 0.2) is 0 Å². The number of alkyl halides is 1. The molecule has 0 radical (unpaired) electrons. The molecule has 2 fully saturated rings. The molecule has 1 saturated carbocycles. The zero-order valence-corrected chi connectivity index (χ0v) is 11.1. The number of unbranched alkanes of at least 4 members (excludes halogenated alkanes) is 1. The van der Waals surface area contributed by atoms with E-state index in [4.69, 9.17) is 16.3 Å². The molecule has 0 bridgehead atoms. The molecule has 1 aliphatic carbocycles. The summed E-state index contributed by atoms with van der Waals surface area (Å²) >= 11 is 6.45. The van der Waals surface area contributed by atoms with E-state index in [0.717, 1.165) is 12.5 Å². The smallest absolute Gasteiger partial charge is 0.0576 e. The molecule has 2 heteroatoms. The summed E-state index contributed by atoms with van der Waals surface area (Å²) in [5.74, 6) is 0.824. The van der Waals surface area contributed by atoms with Crippen LogP contribution in [0.5, 0.6) is 0 Å². The topological polar surface area (TPSA) is 9.23 Å². The lowest BCUT2D eigenvalue weighted by Crippen LogP contribution is -2.11. The molecule has 0 aromatic heterocycles. The molecular formula is C14H25ClO. The maximum atomic E-state index is 6.45. The van der Waals surface area contributed by atoms with Crippen molar-refractivity contribution >= 4 is 11.6 Å². The van der Waals surface area contributed by atoms with Gasteiger partial charge in [-0.2, -0.15) is 0 Å². The van der Waals surface area contributed by atoms with Crippen molar-refractivity contribution in [1.29, 1.82) is 0 Å². The second-order valence-electron chi connectivity index (χ2n) is 5.48. The maximum Gasteiger partial charge on any atom is 0.0576 e. The van der Waals surface area contributed by atoms with Crippen molar-refractivity contribution in [2.45, 2.75) is 75.7 Å². The van der Waals surface area contributed by atoms with Crippen LogP contribution in [0.4, 0.5) is 0 Å². The first-order chi connectivity index (χ1) is 7.86. The van der Waals surface area contributed by atoms with E-state index in [2.05, 4.69) is 0 Å². The Morgan fingerprint density at radius 3 is 2.56 bits per heavy atom. The minimum atomic E-state index is 0.451. The van der Waals surface area contributed by atoms with E-state index in [1.165, 1.54) is 64.2 Å². The highest BCUT2D eigenvalue weighted by molar-refractivity contribution is 6.20. The van der Waals surface area contributed by atoms with E-state index in [1.807, 2.05) is 0 Å². The fourth-order valence-corrected chi connectivity index (χ4v) is 3.54. The Labute approximate surface area is 105 Å². The van der Waals surface area contributed by atoms with E-state index >= 15 is 0 Å². The summed E-state index contributed by atoms with van der Waals surface area (Å²) in [6.45, 7) is 0.991. The predicted octanol–water partition coefficient (Wildman–Crippen LogP) is 4.52. The molecule has 0 spiro atoms. The van der Waals surface area contributed by atoms with Crippen LogP contribution in [0.1, 0.15) is 64.2 Å². The molecule has 2 rings (SSSR count). The van der Waals surface area contributed by atoms with E-state index in [9.17, 15) is 0 Å². The lowest BCUT2D eigenvalue weighted by atomic mass is 9.98. The molecule has 2 atom stereocenters. The van der Waals surface area contributed by atoms with Gasteiger partial charge < -0.3 is 4.74 Å². The van der Waals surface area contributed by atoms with Gasteiger partial charge in [-0.05, 0) is 44.4 Å². The third-order valence-electron chi connectivity index (χ3n) is 4.19. The van der Waals surface area contributed by atoms with Gasteiger partial charge in [0.25, 0.3) is 0 Å². The third-order valence-corrected chi connectivity index (χ3v) is 4.77. The fraction of sp³-hybridized carbons (Fsp3) is 1.00. The normalized spacial score (nSPS) is 28.7. The van der Waals surface area contributed by atoms with Crippen molar-refractivity contribution in [3.8, 4) is 0 Å². The molecule has 94 valence electrons. The van der Waals surface area contributed by atoms with Gasteiger partial charge in [0.05, 0.1) is 6.10 Å². The van der Waals surface area contributed by atoms with Crippen molar-refractivity contribution in [2.24, 2.45) is 5.92 Å². The van der Waals surface area contributed by atoms with Gasteiger partial charge >= 0.3 is 0 Å². The van der Waals surface area contributed by atoms with Crippen LogP contribution in [0.3, 0.4) is 0 Å². The van der Waals surface area contributed by atoms with Gasteiger partial charge in [0.15, 0.2) is 0 Å². The van der Waals surface area contributed by atoms with Gasteiger partial charge in [0.1, 0.15) is 0 Å². The first kappa shape index (κ1) is 12.7. The Kier molecular flexibility index (Phi) is 5.44. The average Bonchev–Trinajstić information content (AvgIpc) is 2.96. The molecule has 2 unspecified atom stereocenters. The van der Waals surface area contributed by atoms with Crippen LogP contribution < -0.4 is 0 Å². The van der Waals surface area contributed by atoms with Crippen molar-refractivity contribution in [1.82, 2.24) is 0 Å². The Bertz CT molecular complexity index is 183. The lowest BCUT2D eigenvalue weighted by molar-refractivity contribution is 0.102. The van der Waals surface area contributed by atoms with Crippen LogP contribution in [0.25, 0.3) is 0 Å². The first-order valence-corrected chi connectivity index (χ1v) is 7.55. The van der Waals surface area contributed by atoms with Crippen molar-refractivity contribution in [2.75, 3.05) is 6.61 Å². The van der Waals surface area contributed by atoms with Gasteiger partial charge in [-0.15, -0.1) is 11.6 Å². The molecule has 0 aromatic rings. The van der Waals surface area contributed by atoms with E-state index < -0.39 is 0 Å². The molecule has 1 aliphatic heterocycles. The highest BCUT2D eigenvalue weighted by Crippen LogP contribution is 2.33. The lowest BCUT2D eigenvalue weighted by Gasteiger charge is -2.16. The maximum absolute atomic E-state index is 6.45. The number of halogens is 1. The Hall–Kier alpha value is 0.250. The largest absolute Gasteiger partial charge is 0.378 e. The molecule has 0 aromatic carbocycles. The highest BCUT2D eigenvalue weighted by Gasteiger charge is 2.22. The summed E-state index contributed by atoms with van der Waals surface area (Å²) in [5.41, 5.74) is 0. The van der Waals surface area contributed by atoms with Crippen LogP contribution >= 0.6 is 11.6 Å². The van der Waals surface area contributed by atoms with Gasteiger partial charge in [0.2, 0.25) is 0 Å². The Balaban J connectivity index is 1.50. The third kappa shape index (κ3) is 3.92. The number of rotatable bonds is 6. The minimum absolute atomic E-state index is 0.451. The molecule has 1 saturated heterocycles. The van der Waals surface area contributed by atoms with Crippen LogP contribution in [0, 0.1) is 5.92 Å². The molecule has 1 nitrogen and oxygen atoms in total. The zero-order valence-electron chi connectivity index (χ0n) is 10.3. The molecule has 1 heterocycles. The zero-order chi connectivity index (χ0) is 11.2. The van der Waals surface area contributed by atoms with Crippen LogP contribution in [-0.2, 0) is 4.74 Å². The second kappa shape index (κ2) is 6.86. The summed E-state index contributed by atoms with van der Waals surface area (Å²) < 4.78 is 5.63. The van der Waals surface area contributed by atoms with Crippen LogP contribution in [0.2, 0.25) is 0 Å². The van der Waals surface area contributed by atoms with Gasteiger partial charge in [-0.3, -0.25) is 0 Å². The van der Waals surface area contributed by atoms with E-state index in [-0.39, 0.29) is 0 Å². The Morgan fingerprint density at radius 1 is 1.06 bits per heavy atom. The molecule has 0 amide bonds. The molecule has 0 N–H and O–H groups in total. The predicted molar refractivity (Wildman–Crippen MR) is 69.0 cm³/mol. The minimum Gasteiger partial charge on any atom is -0.378 e. The monoisotopic (exact) mass is 244 g/mol. The number of hydrogen-bond acceptors (Lipinski definition) is 1. The summed E-state index contributed by atoms with van der Waals surface area (Å²) in [7, 11) is 0. The first-order valence-electron chi connectivity index (χ1n) is 7.12. The summed E-state index contributed by atoms with van der Waals surface area (Å²) in [6.07, 6.45) is 13.8. The van der Waals surface area contributed by atoms with Gasteiger partial charge in [0, 0.05) is 12.0 Å². The SMILES string of the molecule is ClC(CCCCC1CCCO1)C1CCCC1.